The van der Waals surface area contributed by atoms with Crippen molar-refractivity contribution in [1.29, 1.82) is 0 Å². The van der Waals surface area contributed by atoms with Crippen molar-refractivity contribution in [3.05, 3.63) is 71.9 Å². The van der Waals surface area contributed by atoms with Gasteiger partial charge in [-0.1, -0.05) is 48.0 Å². The number of nitrogens with zero attached hydrogens (tertiary/aromatic N) is 1. The number of aromatic nitrogens is 1. The summed E-state index contributed by atoms with van der Waals surface area (Å²) >= 11 is 0. The van der Waals surface area contributed by atoms with Gasteiger partial charge in [0.05, 0.1) is 6.04 Å². The molecule has 3 aromatic rings. The molecule has 0 amide bonds. The molecule has 0 fully saturated rings. The molecular formula is C18H18N2O. The lowest BCUT2D eigenvalue weighted by molar-refractivity contribution is 0.293. The van der Waals surface area contributed by atoms with Crippen LogP contribution in [-0.2, 0) is 0 Å². The molecule has 0 aliphatic carbocycles. The molecule has 0 radical (unpaired) electrons. The van der Waals surface area contributed by atoms with E-state index in [1.807, 2.05) is 42.5 Å². The van der Waals surface area contributed by atoms with Crippen LogP contribution in [0.3, 0.4) is 0 Å². The lowest BCUT2D eigenvalue weighted by Crippen LogP contribution is -2.19. The van der Waals surface area contributed by atoms with Crippen LogP contribution < -0.4 is 10.5 Å². The molecule has 3 rings (SSSR count). The quantitative estimate of drug-likeness (QED) is 0.793. The smallest absolute Gasteiger partial charge is 0.145 e. The van der Waals surface area contributed by atoms with Crippen molar-refractivity contribution in [2.24, 2.45) is 5.73 Å². The molecule has 3 nitrogen and oxygen atoms in total. The van der Waals surface area contributed by atoms with Crippen molar-refractivity contribution >= 4 is 10.9 Å². The molecule has 1 aromatic heterocycles. The van der Waals surface area contributed by atoms with E-state index < -0.39 is 0 Å². The zero-order valence-electron chi connectivity index (χ0n) is 12.0. The number of aryl methyl sites for hydroxylation is 1. The fraction of sp³-hybridized carbons (Fsp3) is 0.167. The number of ether oxygens (including phenoxy) is 1. The SMILES string of the molecule is Cc1ccc(C(N)COc2cccc3cccnc23)cc1. The molecule has 0 saturated heterocycles. The van der Waals surface area contributed by atoms with Crippen LogP contribution in [0.2, 0.25) is 0 Å². The minimum absolute atomic E-state index is 0.149. The second-order valence-electron chi connectivity index (χ2n) is 5.16. The molecule has 21 heavy (non-hydrogen) atoms. The van der Waals surface area contributed by atoms with E-state index in [9.17, 15) is 0 Å². The van der Waals surface area contributed by atoms with Crippen LogP contribution in [-0.4, -0.2) is 11.6 Å². The molecule has 106 valence electrons. The zero-order valence-corrected chi connectivity index (χ0v) is 12.0. The Hall–Kier alpha value is -2.39. The first-order valence-electron chi connectivity index (χ1n) is 7.03. The molecule has 1 heterocycles. The van der Waals surface area contributed by atoms with Gasteiger partial charge >= 0.3 is 0 Å². The van der Waals surface area contributed by atoms with Crippen LogP contribution in [0.4, 0.5) is 0 Å². The van der Waals surface area contributed by atoms with Crippen molar-refractivity contribution in [2.45, 2.75) is 13.0 Å². The predicted octanol–water partition coefficient (Wildman–Crippen LogP) is 3.62. The summed E-state index contributed by atoms with van der Waals surface area (Å²) in [6, 6.07) is 17.9. The van der Waals surface area contributed by atoms with Crippen molar-refractivity contribution < 1.29 is 4.74 Å². The van der Waals surface area contributed by atoms with Gasteiger partial charge in [-0.2, -0.15) is 0 Å². The fourth-order valence-electron chi connectivity index (χ4n) is 2.28. The average molecular weight is 278 g/mol. The van der Waals surface area contributed by atoms with Gasteiger partial charge in [-0.05, 0) is 24.6 Å². The minimum atomic E-state index is -0.149. The van der Waals surface area contributed by atoms with Crippen LogP contribution in [0.25, 0.3) is 10.9 Å². The second-order valence-corrected chi connectivity index (χ2v) is 5.16. The van der Waals surface area contributed by atoms with Crippen LogP contribution >= 0.6 is 0 Å². The Morgan fingerprint density at radius 1 is 1.05 bits per heavy atom. The summed E-state index contributed by atoms with van der Waals surface area (Å²) in [5, 5.41) is 1.07. The van der Waals surface area contributed by atoms with Crippen LogP contribution in [0.5, 0.6) is 5.75 Å². The third-order valence-corrected chi connectivity index (χ3v) is 3.52. The standard InChI is InChI=1S/C18H18N2O/c1-13-7-9-14(10-8-13)16(19)12-21-17-6-2-4-15-5-3-11-20-18(15)17/h2-11,16H,12,19H2,1H3. The van der Waals surface area contributed by atoms with E-state index in [2.05, 4.69) is 24.0 Å². The van der Waals surface area contributed by atoms with Crippen LogP contribution in [0, 0.1) is 6.92 Å². The van der Waals surface area contributed by atoms with E-state index in [0.29, 0.717) is 6.61 Å². The Morgan fingerprint density at radius 3 is 2.62 bits per heavy atom. The number of hydrogen-bond acceptors (Lipinski definition) is 3. The maximum atomic E-state index is 6.19. The topological polar surface area (TPSA) is 48.1 Å². The molecule has 2 N–H and O–H groups in total. The summed E-state index contributed by atoms with van der Waals surface area (Å²) in [4.78, 5) is 4.38. The maximum absolute atomic E-state index is 6.19. The van der Waals surface area contributed by atoms with E-state index in [-0.39, 0.29) is 6.04 Å². The number of nitrogens with two attached hydrogens (primary N) is 1. The Balaban J connectivity index is 1.76. The largest absolute Gasteiger partial charge is 0.489 e. The number of benzene rings is 2. The van der Waals surface area contributed by atoms with Crippen molar-refractivity contribution in [2.75, 3.05) is 6.61 Å². The van der Waals surface area contributed by atoms with Crippen molar-refractivity contribution in [3.8, 4) is 5.75 Å². The molecule has 1 unspecified atom stereocenters. The highest BCUT2D eigenvalue weighted by Crippen LogP contribution is 2.24. The number of pyridine rings is 1. The Labute approximate surface area is 124 Å². The first-order valence-corrected chi connectivity index (χ1v) is 7.03. The lowest BCUT2D eigenvalue weighted by atomic mass is 10.1. The Bertz CT molecular complexity index is 732. The molecule has 1 atom stereocenters. The van der Waals surface area contributed by atoms with E-state index in [4.69, 9.17) is 10.5 Å². The monoisotopic (exact) mass is 278 g/mol. The molecule has 0 aliphatic rings. The summed E-state index contributed by atoms with van der Waals surface area (Å²) in [6.07, 6.45) is 1.77. The van der Waals surface area contributed by atoms with Gasteiger partial charge in [0.15, 0.2) is 0 Å². The fourth-order valence-corrected chi connectivity index (χ4v) is 2.28. The number of fused-ring (bicyclic) bond motifs is 1. The average Bonchev–Trinajstić information content (AvgIpc) is 2.53. The molecule has 3 heteroatoms. The van der Waals surface area contributed by atoms with E-state index >= 15 is 0 Å². The summed E-state index contributed by atoms with van der Waals surface area (Å²) in [5.74, 6) is 0.774. The number of rotatable bonds is 4. The summed E-state index contributed by atoms with van der Waals surface area (Å²) in [6.45, 7) is 2.49. The lowest BCUT2D eigenvalue weighted by Gasteiger charge is -2.14. The normalized spacial score (nSPS) is 12.3. The van der Waals surface area contributed by atoms with Gasteiger partial charge in [-0.25, -0.2) is 0 Å². The first-order chi connectivity index (χ1) is 10.2. The third-order valence-electron chi connectivity index (χ3n) is 3.52. The van der Waals surface area contributed by atoms with E-state index in [0.717, 1.165) is 22.2 Å². The number of para-hydroxylation sites is 1. The first kappa shape index (κ1) is 13.6. The van der Waals surface area contributed by atoms with Crippen LogP contribution in [0.15, 0.2) is 60.8 Å². The molecule has 0 aliphatic heterocycles. The summed E-state index contributed by atoms with van der Waals surface area (Å²) in [7, 11) is 0. The second kappa shape index (κ2) is 5.94. The van der Waals surface area contributed by atoms with Crippen molar-refractivity contribution in [3.63, 3.8) is 0 Å². The maximum Gasteiger partial charge on any atom is 0.145 e. The molecular weight excluding hydrogens is 260 g/mol. The summed E-state index contributed by atoms with van der Waals surface area (Å²) in [5.41, 5.74) is 9.37. The van der Waals surface area contributed by atoms with Gasteiger partial charge in [0.1, 0.15) is 17.9 Å². The number of hydrogen-bond donors (Lipinski definition) is 1. The predicted molar refractivity (Wildman–Crippen MR) is 85.3 cm³/mol. The van der Waals surface area contributed by atoms with E-state index in [1.54, 1.807) is 6.20 Å². The molecule has 0 spiro atoms. The Morgan fingerprint density at radius 2 is 1.81 bits per heavy atom. The minimum Gasteiger partial charge on any atom is -0.489 e. The molecule has 2 aromatic carbocycles. The van der Waals surface area contributed by atoms with Gasteiger partial charge in [-0.15, -0.1) is 0 Å². The Kier molecular flexibility index (Phi) is 3.84. The third kappa shape index (κ3) is 3.03. The van der Waals surface area contributed by atoms with Gasteiger partial charge in [0.25, 0.3) is 0 Å². The van der Waals surface area contributed by atoms with Crippen LogP contribution in [0.1, 0.15) is 17.2 Å². The highest BCUT2D eigenvalue weighted by Gasteiger charge is 2.08. The molecule has 0 saturated carbocycles. The zero-order chi connectivity index (χ0) is 14.7. The van der Waals surface area contributed by atoms with Gasteiger partial charge in [0.2, 0.25) is 0 Å². The van der Waals surface area contributed by atoms with Gasteiger partial charge < -0.3 is 10.5 Å². The highest BCUT2D eigenvalue weighted by molar-refractivity contribution is 5.84. The highest BCUT2D eigenvalue weighted by atomic mass is 16.5. The summed E-state index contributed by atoms with van der Waals surface area (Å²) < 4.78 is 5.88. The van der Waals surface area contributed by atoms with Gasteiger partial charge in [-0.3, -0.25) is 4.98 Å². The van der Waals surface area contributed by atoms with E-state index in [1.165, 1.54) is 5.56 Å². The molecule has 0 bridgehead atoms. The van der Waals surface area contributed by atoms with Gasteiger partial charge in [0, 0.05) is 11.6 Å². The van der Waals surface area contributed by atoms with Crippen molar-refractivity contribution in [1.82, 2.24) is 4.98 Å².